The van der Waals surface area contributed by atoms with Crippen LogP contribution in [0.5, 0.6) is 11.5 Å². The van der Waals surface area contributed by atoms with Crippen LogP contribution in [0.2, 0.25) is 0 Å². The summed E-state index contributed by atoms with van der Waals surface area (Å²) in [6.45, 7) is 16.6. The van der Waals surface area contributed by atoms with Gasteiger partial charge in [-0.05, 0) is 71.2 Å². The van der Waals surface area contributed by atoms with Crippen molar-refractivity contribution < 1.29 is 23.8 Å². The SMILES string of the molecule is CCOP(=O)(CNC(c1ccc(O)cc1)c1cc(C(C)(C)C)c(O)c(C(C)(C)C)c1)OCC. The average molecular weight is 478 g/mol. The highest BCUT2D eigenvalue weighted by Crippen LogP contribution is 2.48. The number of nitrogens with one attached hydrogen (secondary N) is 1. The summed E-state index contributed by atoms with van der Waals surface area (Å²) in [7, 11) is -3.33. The van der Waals surface area contributed by atoms with E-state index in [1.807, 2.05) is 24.3 Å². The lowest BCUT2D eigenvalue weighted by Gasteiger charge is -2.31. The van der Waals surface area contributed by atoms with Crippen molar-refractivity contribution in [3.63, 3.8) is 0 Å². The van der Waals surface area contributed by atoms with Gasteiger partial charge >= 0.3 is 7.60 Å². The van der Waals surface area contributed by atoms with Crippen LogP contribution in [0, 0.1) is 0 Å². The van der Waals surface area contributed by atoms with E-state index in [0.29, 0.717) is 5.75 Å². The maximum absolute atomic E-state index is 13.2. The Morgan fingerprint density at radius 2 is 1.30 bits per heavy atom. The van der Waals surface area contributed by atoms with Crippen molar-refractivity contribution in [2.24, 2.45) is 0 Å². The normalized spacial score (nSPS) is 13.8. The minimum Gasteiger partial charge on any atom is -0.508 e. The molecule has 0 aliphatic carbocycles. The summed E-state index contributed by atoms with van der Waals surface area (Å²) in [6, 6.07) is 10.6. The number of hydrogen-bond donors (Lipinski definition) is 3. The standard InChI is InChI=1S/C26H40NO5P/c1-9-31-33(30,32-10-2)17-27-23(18-11-13-20(28)14-12-18)19-15-21(25(3,4)5)24(29)22(16-19)26(6,7)8/h11-16,23,27-29H,9-10,17H2,1-8H3. The second-order valence-corrected chi connectivity index (χ2v) is 12.4. The van der Waals surface area contributed by atoms with Crippen LogP contribution in [0.1, 0.15) is 83.7 Å². The Labute approximate surface area is 198 Å². The smallest absolute Gasteiger partial charge is 0.344 e. The zero-order chi connectivity index (χ0) is 25.0. The number of hydrogen-bond acceptors (Lipinski definition) is 6. The van der Waals surface area contributed by atoms with Crippen LogP contribution in [-0.4, -0.2) is 29.7 Å². The minimum absolute atomic E-state index is 0.0246. The first-order valence-corrected chi connectivity index (χ1v) is 13.2. The Balaban J connectivity index is 2.66. The largest absolute Gasteiger partial charge is 0.508 e. The van der Waals surface area contributed by atoms with Crippen molar-refractivity contribution in [3.8, 4) is 11.5 Å². The van der Waals surface area contributed by atoms with Gasteiger partial charge in [0.05, 0.1) is 25.5 Å². The Morgan fingerprint density at radius 3 is 1.70 bits per heavy atom. The summed E-state index contributed by atoms with van der Waals surface area (Å²) < 4.78 is 24.1. The van der Waals surface area contributed by atoms with E-state index in [-0.39, 0.29) is 42.1 Å². The Morgan fingerprint density at radius 1 is 0.848 bits per heavy atom. The predicted octanol–water partition coefficient (Wildman–Crippen LogP) is 6.60. The summed E-state index contributed by atoms with van der Waals surface area (Å²) >= 11 is 0. The van der Waals surface area contributed by atoms with Gasteiger partial charge in [-0.2, -0.15) is 0 Å². The first kappa shape index (κ1) is 27.4. The fourth-order valence-corrected chi connectivity index (χ4v) is 5.24. The van der Waals surface area contributed by atoms with E-state index in [4.69, 9.17) is 9.05 Å². The van der Waals surface area contributed by atoms with Gasteiger partial charge in [-0.1, -0.05) is 53.7 Å². The van der Waals surface area contributed by atoms with Crippen LogP contribution in [0.15, 0.2) is 36.4 Å². The molecule has 1 atom stereocenters. The summed E-state index contributed by atoms with van der Waals surface area (Å²) in [6.07, 6.45) is 0.0246. The summed E-state index contributed by atoms with van der Waals surface area (Å²) in [5.74, 6) is 0.473. The first-order chi connectivity index (χ1) is 15.2. The molecule has 0 bridgehead atoms. The monoisotopic (exact) mass is 477 g/mol. The molecule has 0 aromatic heterocycles. The lowest BCUT2D eigenvalue weighted by atomic mass is 9.77. The second-order valence-electron chi connectivity index (χ2n) is 10.3. The molecule has 0 fully saturated rings. The summed E-state index contributed by atoms with van der Waals surface area (Å²) in [5.41, 5.74) is 2.92. The van der Waals surface area contributed by atoms with Gasteiger partial charge in [0.2, 0.25) is 0 Å². The maximum atomic E-state index is 13.2. The molecule has 0 heterocycles. The van der Waals surface area contributed by atoms with E-state index in [1.54, 1.807) is 26.0 Å². The molecule has 6 nitrogen and oxygen atoms in total. The molecule has 2 aromatic carbocycles. The zero-order valence-corrected chi connectivity index (χ0v) is 22.1. The van der Waals surface area contributed by atoms with E-state index in [1.165, 1.54) is 0 Å². The number of phenols is 2. The third kappa shape index (κ3) is 7.07. The predicted molar refractivity (Wildman–Crippen MR) is 134 cm³/mol. The van der Waals surface area contributed by atoms with E-state index in [2.05, 4.69) is 46.9 Å². The Kier molecular flexibility index (Phi) is 8.80. The van der Waals surface area contributed by atoms with Crippen LogP contribution in [-0.2, 0) is 24.4 Å². The number of aromatic hydroxyl groups is 2. The summed E-state index contributed by atoms with van der Waals surface area (Å²) in [5, 5.41) is 24.3. The number of phenolic OH excluding ortho intramolecular Hbond substituents is 2. The van der Waals surface area contributed by atoms with Crippen LogP contribution in [0.25, 0.3) is 0 Å². The van der Waals surface area contributed by atoms with Gasteiger partial charge < -0.3 is 19.3 Å². The van der Waals surface area contributed by atoms with Crippen molar-refractivity contribution in [2.75, 3.05) is 19.5 Å². The fourth-order valence-electron chi connectivity index (χ4n) is 3.79. The molecule has 7 heteroatoms. The highest BCUT2D eigenvalue weighted by molar-refractivity contribution is 7.53. The first-order valence-electron chi connectivity index (χ1n) is 11.5. The molecule has 2 aromatic rings. The van der Waals surface area contributed by atoms with Gasteiger partial charge in [-0.25, -0.2) is 0 Å². The Hall–Kier alpha value is -1.85. The molecule has 2 rings (SSSR count). The van der Waals surface area contributed by atoms with Gasteiger partial charge in [0.1, 0.15) is 11.5 Å². The van der Waals surface area contributed by atoms with E-state index < -0.39 is 7.60 Å². The van der Waals surface area contributed by atoms with Crippen molar-refractivity contribution in [2.45, 2.75) is 72.3 Å². The third-order valence-electron chi connectivity index (χ3n) is 5.45. The van der Waals surface area contributed by atoms with Crippen LogP contribution >= 0.6 is 7.60 Å². The fraction of sp³-hybridized carbons (Fsp3) is 0.538. The van der Waals surface area contributed by atoms with E-state index in [9.17, 15) is 14.8 Å². The van der Waals surface area contributed by atoms with E-state index in [0.717, 1.165) is 22.3 Å². The van der Waals surface area contributed by atoms with Gasteiger partial charge in [-0.3, -0.25) is 9.88 Å². The Bertz CT molecular complexity index is 929. The van der Waals surface area contributed by atoms with Crippen molar-refractivity contribution in [1.82, 2.24) is 5.32 Å². The molecule has 3 N–H and O–H groups in total. The molecule has 33 heavy (non-hydrogen) atoms. The highest BCUT2D eigenvalue weighted by atomic mass is 31.2. The van der Waals surface area contributed by atoms with Crippen LogP contribution < -0.4 is 5.32 Å². The topological polar surface area (TPSA) is 88.0 Å². The molecule has 0 aliphatic heterocycles. The van der Waals surface area contributed by atoms with Gasteiger partial charge in [-0.15, -0.1) is 0 Å². The van der Waals surface area contributed by atoms with Crippen molar-refractivity contribution in [3.05, 3.63) is 58.7 Å². The molecule has 0 saturated heterocycles. The summed E-state index contributed by atoms with van der Waals surface area (Å²) in [4.78, 5) is 0. The number of rotatable bonds is 9. The van der Waals surface area contributed by atoms with Gasteiger partial charge in [0.15, 0.2) is 0 Å². The molecule has 1 unspecified atom stereocenters. The van der Waals surface area contributed by atoms with Crippen molar-refractivity contribution in [1.29, 1.82) is 0 Å². The third-order valence-corrected chi connectivity index (χ3v) is 7.32. The maximum Gasteiger partial charge on any atom is 0.344 e. The molecular weight excluding hydrogens is 437 g/mol. The quantitative estimate of drug-likeness (QED) is 0.353. The molecule has 0 amide bonds. The van der Waals surface area contributed by atoms with Crippen molar-refractivity contribution >= 4 is 7.60 Å². The molecule has 0 spiro atoms. The highest BCUT2D eigenvalue weighted by Gasteiger charge is 2.30. The zero-order valence-electron chi connectivity index (χ0n) is 21.2. The average Bonchev–Trinajstić information content (AvgIpc) is 2.69. The number of benzene rings is 2. The second kappa shape index (κ2) is 10.6. The van der Waals surface area contributed by atoms with Crippen LogP contribution in [0.3, 0.4) is 0 Å². The molecule has 0 aliphatic rings. The lowest BCUT2D eigenvalue weighted by Crippen LogP contribution is -2.26. The lowest BCUT2D eigenvalue weighted by molar-refractivity contribution is 0.217. The molecular formula is C26H40NO5P. The van der Waals surface area contributed by atoms with Crippen LogP contribution in [0.4, 0.5) is 0 Å². The molecule has 184 valence electrons. The molecule has 0 radical (unpaired) electrons. The van der Waals surface area contributed by atoms with Gasteiger partial charge in [0.25, 0.3) is 0 Å². The minimum atomic E-state index is -3.33. The van der Waals surface area contributed by atoms with Gasteiger partial charge in [0, 0.05) is 0 Å². The molecule has 0 saturated carbocycles. The van der Waals surface area contributed by atoms with E-state index >= 15 is 0 Å².